The summed E-state index contributed by atoms with van der Waals surface area (Å²) < 4.78 is 39.9. The predicted octanol–water partition coefficient (Wildman–Crippen LogP) is 2.79. The number of nitrogens with one attached hydrogen (secondary N) is 1. The van der Waals surface area contributed by atoms with Crippen molar-refractivity contribution in [2.45, 2.75) is 30.7 Å². The SMILES string of the molecule is Cc1cccc(NC2CCN(S(=O)(=O)c3cccc(F)c3)CC2)n1. The smallest absolute Gasteiger partial charge is 0.243 e. The summed E-state index contributed by atoms with van der Waals surface area (Å²) in [5, 5.41) is 3.35. The third-order valence-corrected chi connectivity index (χ3v) is 6.02. The van der Waals surface area contributed by atoms with Gasteiger partial charge in [0.1, 0.15) is 11.6 Å². The summed E-state index contributed by atoms with van der Waals surface area (Å²) in [4.78, 5) is 4.42. The van der Waals surface area contributed by atoms with Gasteiger partial charge in [0.05, 0.1) is 4.90 Å². The van der Waals surface area contributed by atoms with Crippen molar-refractivity contribution in [1.82, 2.24) is 9.29 Å². The lowest BCUT2D eigenvalue weighted by molar-refractivity contribution is 0.329. The number of anilines is 1. The molecule has 1 aromatic heterocycles. The van der Waals surface area contributed by atoms with Gasteiger partial charge in [0.25, 0.3) is 0 Å². The highest BCUT2D eigenvalue weighted by Gasteiger charge is 2.29. The molecule has 0 unspecified atom stereocenters. The Morgan fingerprint density at radius 1 is 1.17 bits per heavy atom. The number of sulfonamides is 1. The molecule has 24 heavy (non-hydrogen) atoms. The Labute approximate surface area is 141 Å². The molecule has 1 aromatic carbocycles. The fourth-order valence-electron chi connectivity index (χ4n) is 2.85. The van der Waals surface area contributed by atoms with E-state index in [9.17, 15) is 12.8 Å². The Kier molecular flexibility index (Phi) is 4.82. The predicted molar refractivity (Wildman–Crippen MR) is 90.8 cm³/mol. The zero-order valence-electron chi connectivity index (χ0n) is 13.4. The van der Waals surface area contributed by atoms with Crippen LogP contribution in [0.2, 0.25) is 0 Å². The number of halogens is 1. The molecule has 0 saturated carbocycles. The Balaban J connectivity index is 1.64. The zero-order chi connectivity index (χ0) is 17.2. The topological polar surface area (TPSA) is 62.3 Å². The van der Waals surface area contributed by atoms with Crippen LogP contribution >= 0.6 is 0 Å². The molecule has 1 aliphatic rings. The van der Waals surface area contributed by atoms with Crippen LogP contribution in [0.5, 0.6) is 0 Å². The minimum Gasteiger partial charge on any atom is -0.367 e. The van der Waals surface area contributed by atoms with E-state index in [1.54, 1.807) is 0 Å². The molecule has 5 nitrogen and oxygen atoms in total. The molecule has 1 N–H and O–H groups in total. The molecule has 2 heterocycles. The van der Waals surface area contributed by atoms with Gasteiger partial charge in [-0.05, 0) is 50.1 Å². The number of nitrogens with zero attached hydrogens (tertiary/aromatic N) is 2. The molecule has 0 amide bonds. The lowest BCUT2D eigenvalue weighted by atomic mass is 10.1. The van der Waals surface area contributed by atoms with Gasteiger partial charge in [0.2, 0.25) is 10.0 Å². The Morgan fingerprint density at radius 2 is 1.88 bits per heavy atom. The minimum absolute atomic E-state index is 0.00857. The molecule has 3 rings (SSSR count). The quantitative estimate of drug-likeness (QED) is 0.922. The first kappa shape index (κ1) is 16.9. The largest absolute Gasteiger partial charge is 0.367 e. The Morgan fingerprint density at radius 3 is 2.54 bits per heavy atom. The summed E-state index contributed by atoms with van der Waals surface area (Å²) in [5.41, 5.74) is 0.936. The minimum atomic E-state index is -3.64. The van der Waals surface area contributed by atoms with Crippen LogP contribution < -0.4 is 5.32 Å². The molecule has 7 heteroatoms. The highest BCUT2D eigenvalue weighted by molar-refractivity contribution is 7.89. The third-order valence-electron chi connectivity index (χ3n) is 4.13. The summed E-state index contributed by atoms with van der Waals surface area (Å²) in [6.07, 6.45) is 1.37. The van der Waals surface area contributed by atoms with E-state index in [-0.39, 0.29) is 10.9 Å². The Bertz CT molecular complexity index is 818. The van der Waals surface area contributed by atoms with Crippen molar-refractivity contribution in [3.8, 4) is 0 Å². The van der Waals surface area contributed by atoms with Crippen LogP contribution in [0.4, 0.5) is 10.2 Å². The summed E-state index contributed by atoms with van der Waals surface area (Å²) in [6, 6.07) is 11.1. The van der Waals surface area contributed by atoms with Gasteiger partial charge in [0, 0.05) is 24.8 Å². The van der Waals surface area contributed by atoms with Gasteiger partial charge in [-0.15, -0.1) is 0 Å². The second-order valence-electron chi connectivity index (χ2n) is 5.94. The van der Waals surface area contributed by atoms with Crippen LogP contribution in [0.3, 0.4) is 0 Å². The standard InChI is InChI=1S/C17H20FN3O2S/c1-13-4-2-7-17(19-13)20-15-8-10-21(11-9-15)24(22,23)16-6-3-5-14(18)12-16/h2-7,12,15H,8-11H2,1H3,(H,19,20). The van der Waals surface area contributed by atoms with Crippen molar-refractivity contribution >= 4 is 15.8 Å². The number of hydrogen-bond acceptors (Lipinski definition) is 4. The third kappa shape index (κ3) is 3.73. The zero-order valence-corrected chi connectivity index (χ0v) is 14.3. The summed E-state index contributed by atoms with van der Waals surface area (Å²) in [6.45, 7) is 2.74. The lowest BCUT2D eigenvalue weighted by Crippen LogP contribution is -2.42. The Hall–Kier alpha value is -1.99. The fraction of sp³-hybridized carbons (Fsp3) is 0.353. The average Bonchev–Trinajstić information content (AvgIpc) is 2.55. The van der Waals surface area contributed by atoms with E-state index in [1.807, 2.05) is 25.1 Å². The highest BCUT2D eigenvalue weighted by Crippen LogP contribution is 2.22. The lowest BCUT2D eigenvalue weighted by Gasteiger charge is -2.31. The van der Waals surface area contributed by atoms with Crippen LogP contribution in [0, 0.1) is 12.7 Å². The maximum Gasteiger partial charge on any atom is 0.243 e. The number of piperidine rings is 1. The molecule has 1 aliphatic heterocycles. The van der Waals surface area contributed by atoms with E-state index < -0.39 is 15.8 Å². The first-order chi connectivity index (χ1) is 11.4. The van der Waals surface area contributed by atoms with Crippen molar-refractivity contribution < 1.29 is 12.8 Å². The van der Waals surface area contributed by atoms with Gasteiger partial charge in [-0.25, -0.2) is 17.8 Å². The number of rotatable bonds is 4. The molecular formula is C17H20FN3O2S. The van der Waals surface area contributed by atoms with Crippen LogP contribution in [0.1, 0.15) is 18.5 Å². The normalized spacial score (nSPS) is 16.9. The van der Waals surface area contributed by atoms with E-state index in [4.69, 9.17) is 0 Å². The van der Waals surface area contributed by atoms with Crippen LogP contribution in [-0.4, -0.2) is 36.8 Å². The van der Waals surface area contributed by atoms with Crippen molar-refractivity contribution in [2.24, 2.45) is 0 Å². The second kappa shape index (κ2) is 6.86. The number of aromatic nitrogens is 1. The van der Waals surface area contributed by atoms with Crippen molar-refractivity contribution in [2.75, 3.05) is 18.4 Å². The molecule has 2 aromatic rings. The van der Waals surface area contributed by atoms with Crippen LogP contribution in [-0.2, 0) is 10.0 Å². The van der Waals surface area contributed by atoms with Crippen LogP contribution in [0.25, 0.3) is 0 Å². The number of pyridine rings is 1. The van der Waals surface area contributed by atoms with E-state index in [2.05, 4.69) is 10.3 Å². The molecule has 128 valence electrons. The molecule has 0 bridgehead atoms. The number of benzene rings is 1. The summed E-state index contributed by atoms with van der Waals surface area (Å²) in [5.74, 6) is 0.264. The van der Waals surface area contributed by atoms with Crippen molar-refractivity contribution in [1.29, 1.82) is 0 Å². The van der Waals surface area contributed by atoms with Crippen LogP contribution in [0.15, 0.2) is 47.4 Å². The average molecular weight is 349 g/mol. The van der Waals surface area contributed by atoms with Crippen molar-refractivity contribution in [3.05, 3.63) is 54.0 Å². The second-order valence-corrected chi connectivity index (χ2v) is 7.88. The van der Waals surface area contributed by atoms with E-state index in [0.29, 0.717) is 25.9 Å². The maximum atomic E-state index is 13.3. The molecule has 1 fully saturated rings. The highest BCUT2D eigenvalue weighted by atomic mass is 32.2. The molecule has 1 saturated heterocycles. The fourth-order valence-corrected chi connectivity index (χ4v) is 4.35. The van der Waals surface area contributed by atoms with Gasteiger partial charge < -0.3 is 5.32 Å². The van der Waals surface area contributed by atoms with Gasteiger partial charge >= 0.3 is 0 Å². The first-order valence-corrected chi connectivity index (χ1v) is 9.35. The molecule has 0 spiro atoms. The monoisotopic (exact) mass is 349 g/mol. The van der Waals surface area contributed by atoms with Gasteiger partial charge in [-0.3, -0.25) is 0 Å². The number of aryl methyl sites for hydroxylation is 1. The molecule has 0 aliphatic carbocycles. The van der Waals surface area contributed by atoms with E-state index in [1.165, 1.54) is 22.5 Å². The summed E-state index contributed by atoms with van der Waals surface area (Å²) >= 11 is 0. The van der Waals surface area contributed by atoms with Gasteiger partial charge in [0.15, 0.2) is 0 Å². The van der Waals surface area contributed by atoms with Gasteiger partial charge in [-0.2, -0.15) is 4.31 Å². The van der Waals surface area contributed by atoms with Gasteiger partial charge in [-0.1, -0.05) is 12.1 Å². The van der Waals surface area contributed by atoms with E-state index in [0.717, 1.165) is 17.6 Å². The molecule has 0 atom stereocenters. The molecular weight excluding hydrogens is 329 g/mol. The molecule has 0 radical (unpaired) electrons. The first-order valence-electron chi connectivity index (χ1n) is 7.91. The maximum absolute atomic E-state index is 13.3. The van der Waals surface area contributed by atoms with E-state index >= 15 is 0 Å². The van der Waals surface area contributed by atoms with Crippen molar-refractivity contribution in [3.63, 3.8) is 0 Å². The number of hydrogen-bond donors (Lipinski definition) is 1. The summed E-state index contributed by atoms with van der Waals surface area (Å²) in [7, 11) is -3.64.